The van der Waals surface area contributed by atoms with Crippen molar-refractivity contribution in [1.29, 1.82) is 0 Å². The minimum absolute atomic E-state index is 0.439. The zero-order valence-corrected chi connectivity index (χ0v) is 15.0. The fourth-order valence-corrected chi connectivity index (χ4v) is 2.63. The van der Waals surface area contributed by atoms with Crippen LogP contribution in [0.1, 0.15) is 17.3 Å². The van der Waals surface area contributed by atoms with Crippen molar-refractivity contribution in [1.82, 2.24) is 0 Å². The molecule has 0 saturated carbocycles. The van der Waals surface area contributed by atoms with Gasteiger partial charge in [0.05, 0.1) is 5.56 Å². The van der Waals surface area contributed by atoms with Crippen LogP contribution in [0.25, 0.3) is 11.1 Å². The number of ether oxygens (including phenoxy) is 1. The highest BCUT2D eigenvalue weighted by Crippen LogP contribution is 2.27. The van der Waals surface area contributed by atoms with Gasteiger partial charge >= 0.3 is 5.97 Å². The summed E-state index contributed by atoms with van der Waals surface area (Å²) >= 11 is 0. The van der Waals surface area contributed by atoms with Crippen molar-refractivity contribution in [2.24, 2.45) is 0 Å². The van der Waals surface area contributed by atoms with Crippen LogP contribution in [0.2, 0.25) is 0 Å². The van der Waals surface area contributed by atoms with E-state index in [1.165, 1.54) is 6.92 Å². The summed E-state index contributed by atoms with van der Waals surface area (Å²) in [6.07, 6.45) is -1.18. The van der Waals surface area contributed by atoms with E-state index >= 15 is 0 Å². The van der Waals surface area contributed by atoms with Crippen LogP contribution in [-0.2, 0) is 9.53 Å². The number of para-hydroxylation sites is 1. The second-order valence-corrected chi connectivity index (χ2v) is 6.07. The second-order valence-electron chi connectivity index (χ2n) is 6.07. The summed E-state index contributed by atoms with van der Waals surface area (Å²) in [4.78, 5) is 24.5. The lowest BCUT2D eigenvalue weighted by Crippen LogP contribution is -2.30. The Hall–Kier alpha value is -3.54. The number of benzene rings is 3. The zero-order chi connectivity index (χ0) is 20.1. The lowest BCUT2D eigenvalue weighted by Gasteiger charge is -2.16. The molecule has 0 bridgehead atoms. The Labute approximate surface area is 160 Å². The minimum atomic E-state index is -1.18. The van der Waals surface area contributed by atoms with Crippen LogP contribution in [0.15, 0.2) is 72.8 Å². The van der Waals surface area contributed by atoms with Crippen molar-refractivity contribution < 1.29 is 23.1 Å². The van der Waals surface area contributed by atoms with Crippen molar-refractivity contribution in [3.05, 3.63) is 90.0 Å². The fourth-order valence-electron chi connectivity index (χ4n) is 2.63. The van der Waals surface area contributed by atoms with Crippen molar-refractivity contribution in [3.63, 3.8) is 0 Å². The Kier molecular flexibility index (Phi) is 5.79. The van der Waals surface area contributed by atoms with Gasteiger partial charge < -0.3 is 10.1 Å². The van der Waals surface area contributed by atoms with Crippen LogP contribution in [0, 0.1) is 11.6 Å². The van der Waals surface area contributed by atoms with Crippen molar-refractivity contribution in [2.75, 3.05) is 5.32 Å². The van der Waals surface area contributed by atoms with Gasteiger partial charge in [-0.25, -0.2) is 13.6 Å². The molecule has 1 amide bonds. The molecular weight excluding hydrogens is 364 g/mol. The van der Waals surface area contributed by atoms with E-state index in [1.54, 1.807) is 12.1 Å². The highest BCUT2D eigenvalue weighted by atomic mass is 19.1. The van der Waals surface area contributed by atoms with Gasteiger partial charge in [0.25, 0.3) is 5.91 Å². The van der Waals surface area contributed by atoms with Gasteiger partial charge in [0.15, 0.2) is 6.10 Å². The first kappa shape index (κ1) is 19.2. The summed E-state index contributed by atoms with van der Waals surface area (Å²) in [5, 5.41) is 2.72. The summed E-state index contributed by atoms with van der Waals surface area (Å²) in [6.45, 7) is 1.37. The summed E-state index contributed by atoms with van der Waals surface area (Å²) in [7, 11) is 0. The Morgan fingerprint density at radius 2 is 1.61 bits per heavy atom. The van der Waals surface area contributed by atoms with Crippen LogP contribution in [0.3, 0.4) is 0 Å². The van der Waals surface area contributed by atoms with E-state index in [9.17, 15) is 18.4 Å². The van der Waals surface area contributed by atoms with Crippen molar-refractivity contribution in [2.45, 2.75) is 13.0 Å². The van der Waals surface area contributed by atoms with Gasteiger partial charge in [-0.1, -0.05) is 48.5 Å². The van der Waals surface area contributed by atoms with Gasteiger partial charge in [-0.15, -0.1) is 0 Å². The Bertz CT molecular complexity index is 1010. The maximum atomic E-state index is 13.7. The SMILES string of the molecule is C[C@H](OC(=O)c1ccc(F)cc1F)C(=O)Nc1ccccc1-c1ccccc1. The van der Waals surface area contributed by atoms with E-state index in [2.05, 4.69) is 5.32 Å². The summed E-state index contributed by atoms with van der Waals surface area (Å²) in [5.41, 5.74) is 1.83. The Morgan fingerprint density at radius 3 is 2.32 bits per heavy atom. The monoisotopic (exact) mass is 381 g/mol. The normalized spacial score (nSPS) is 11.5. The zero-order valence-electron chi connectivity index (χ0n) is 15.0. The van der Waals surface area contributed by atoms with Crippen LogP contribution < -0.4 is 5.32 Å². The van der Waals surface area contributed by atoms with Crippen LogP contribution in [0.5, 0.6) is 0 Å². The van der Waals surface area contributed by atoms with E-state index in [0.717, 1.165) is 23.3 Å². The smallest absolute Gasteiger partial charge is 0.341 e. The number of rotatable bonds is 5. The maximum absolute atomic E-state index is 13.7. The van der Waals surface area contributed by atoms with Gasteiger partial charge in [0.1, 0.15) is 11.6 Å². The van der Waals surface area contributed by atoms with E-state index in [-0.39, 0.29) is 0 Å². The molecule has 0 aliphatic heterocycles. The number of nitrogens with one attached hydrogen (secondary N) is 1. The largest absolute Gasteiger partial charge is 0.449 e. The van der Waals surface area contributed by atoms with Gasteiger partial charge in [0, 0.05) is 17.3 Å². The molecule has 3 aromatic rings. The van der Waals surface area contributed by atoms with E-state index in [4.69, 9.17) is 4.74 Å². The molecule has 0 heterocycles. The standard InChI is InChI=1S/C22H17F2NO3/c1-14(28-22(27)18-12-11-16(23)13-19(18)24)21(26)25-20-10-6-5-9-17(20)15-7-3-2-4-8-15/h2-14H,1H3,(H,25,26)/t14-/m0/s1. The number of anilines is 1. The number of halogens is 2. The van der Waals surface area contributed by atoms with Gasteiger partial charge in [-0.3, -0.25) is 4.79 Å². The average molecular weight is 381 g/mol. The maximum Gasteiger partial charge on any atom is 0.341 e. The number of amides is 1. The third-order valence-electron chi connectivity index (χ3n) is 4.07. The molecule has 0 fully saturated rings. The number of carbonyl (C=O) groups is 2. The minimum Gasteiger partial charge on any atom is -0.449 e. The number of hydrogen-bond donors (Lipinski definition) is 1. The molecular formula is C22H17F2NO3. The molecule has 1 atom stereocenters. The molecule has 6 heteroatoms. The molecule has 0 radical (unpaired) electrons. The highest BCUT2D eigenvalue weighted by Gasteiger charge is 2.22. The highest BCUT2D eigenvalue weighted by molar-refractivity contribution is 6.00. The molecule has 0 aliphatic carbocycles. The predicted octanol–water partition coefficient (Wildman–Crippen LogP) is 4.82. The third-order valence-corrected chi connectivity index (χ3v) is 4.07. The summed E-state index contributed by atoms with van der Waals surface area (Å²) in [6, 6.07) is 19.2. The van der Waals surface area contributed by atoms with Gasteiger partial charge in [-0.05, 0) is 30.7 Å². The molecule has 28 heavy (non-hydrogen) atoms. The van der Waals surface area contributed by atoms with Crippen molar-refractivity contribution >= 4 is 17.6 Å². The quantitative estimate of drug-likeness (QED) is 0.645. The number of hydrogen-bond acceptors (Lipinski definition) is 3. The first-order valence-electron chi connectivity index (χ1n) is 8.57. The molecule has 0 unspecified atom stereocenters. The second kappa shape index (κ2) is 8.43. The Morgan fingerprint density at radius 1 is 0.929 bits per heavy atom. The first-order valence-corrected chi connectivity index (χ1v) is 8.57. The predicted molar refractivity (Wildman–Crippen MR) is 102 cm³/mol. The molecule has 142 valence electrons. The number of carbonyl (C=O) groups excluding carboxylic acids is 2. The van der Waals surface area contributed by atoms with Crippen molar-refractivity contribution in [3.8, 4) is 11.1 Å². The van der Waals surface area contributed by atoms with Crippen LogP contribution in [-0.4, -0.2) is 18.0 Å². The van der Waals surface area contributed by atoms with Gasteiger partial charge in [0.2, 0.25) is 0 Å². The Balaban J connectivity index is 1.72. The van der Waals surface area contributed by atoms with E-state index in [0.29, 0.717) is 11.8 Å². The molecule has 0 aromatic heterocycles. The van der Waals surface area contributed by atoms with E-state index < -0.39 is 35.2 Å². The van der Waals surface area contributed by atoms with Crippen LogP contribution in [0.4, 0.5) is 14.5 Å². The lowest BCUT2D eigenvalue weighted by molar-refractivity contribution is -0.123. The molecule has 0 aliphatic rings. The molecule has 3 rings (SSSR count). The molecule has 0 saturated heterocycles. The third kappa shape index (κ3) is 4.40. The van der Waals surface area contributed by atoms with E-state index in [1.807, 2.05) is 42.5 Å². The van der Waals surface area contributed by atoms with Gasteiger partial charge in [-0.2, -0.15) is 0 Å². The summed E-state index contributed by atoms with van der Waals surface area (Å²) in [5.74, 6) is -3.47. The average Bonchev–Trinajstić information content (AvgIpc) is 2.69. The van der Waals surface area contributed by atoms with Crippen LogP contribution >= 0.6 is 0 Å². The first-order chi connectivity index (χ1) is 13.5. The fraction of sp³-hybridized carbons (Fsp3) is 0.0909. The lowest BCUT2D eigenvalue weighted by atomic mass is 10.0. The molecule has 1 N–H and O–H groups in total. The molecule has 4 nitrogen and oxygen atoms in total. The molecule has 3 aromatic carbocycles. The summed E-state index contributed by atoms with van der Waals surface area (Å²) < 4.78 is 31.7. The molecule has 0 spiro atoms. The number of esters is 1. The topological polar surface area (TPSA) is 55.4 Å².